The first-order valence-corrected chi connectivity index (χ1v) is 9.46. The summed E-state index contributed by atoms with van der Waals surface area (Å²) in [5.41, 5.74) is 0.162. The SMILES string of the molecule is CCCCCC(CCCC12CCCC1C2(Cl)Cl)NC(=O)OC. The smallest absolute Gasteiger partial charge is 0.407 e. The summed E-state index contributed by atoms with van der Waals surface area (Å²) in [5.74, 6) is 0.496. The molecule has 0 radical (unpaired) electrons. The quantitative estimate of drug-likeness (QED) is 0.444. The van der Waals surface area contributed by atoms with E-state index in [1.807, 2.05) is 0 Å². The number of carbonyl (C=O) groups is 1. The first kappa shape index (κ1) is 18.2. The minimum absolute atomic E-state index is 0.162. The van der Waals surface area contributed by atoms with Crippen molar-refractivity contribution in [1.82, 2.24) is 5.32 Å². The van der Waals surface area contributed by atoms with Gasteiger partial charge in [-0.1, -0.05) is 39.0 Å². The van der Waals surface area contributed by atoms with E-state index in [-0.39, 0.29) is 17.6 Å². The Morgan fingerprint density at radius 1 is 1.32 bits per heavy atom. The molecule has 0 bridgehead atoms. The number of unbranched alkanes of at least 4 members (excludes halogenated alkanes) is 2. The Kier molecular flexibility index (Phi) is 6.30. The van der Waals surface area contributed by atoms with Gasteiger partial charge in [-0.15, -0.1) is 23.2 Å². The molecule has 0 saturated heterocycles. The van der Waals surface area contributed by atoms with Crippen LogP contribution in [0.25, 0.3) is 0 Å². The van der Waals surface area contributed by atoms with Crippen LogP contribution >= 0.6 is 23.2 Å². The Labute approximate surface area is 144 Å². The van der Waals surface area contributed by atoms with Crippen LogP contribution in [0.4, 0.5) is 4.79 Å². The summed E-state index contributed by atoms with van der Waals surface area (Å²) in [6.07, 6.45) is 11.0. The number of carbonyl (C=O) groups excluding carboxylic acids is 1. The van der Waals surface area contributed by atoms with E-state index < -0.39 is 4.33 Å². The monoisotopic (exact) mass is 349 g/mol. The highest BCUT2D eigenvalue weighted by atomic mass is 35.5. The van der Waals surface area contributed by atoms with Crippen molar-refractivity contribution in [2.75, 3.05) is 7.11 Å². The number of hydrogen-bond acceptors (Lipinski definition) is 2. The summed E-state index contributed by atoms with van der Waals surface area (Å²) < 4.78 is 4.25. The minimum atomic E-state index is -0.487. The van der Waals surface area contributed by atoms with E-state index >= 15 is 0 Å². The number of methoxy groups -OCH3 is 1. The fourth-order valence-corrected chi connectivity index (χ4v) is 5.46. The van der Waals surface area contributed by atoms with Crippen LogP contribution in [-0.2, 0) is 4.74 Å². The lowest BCUT2D eigenvalue weighted by atomic mass is 9.93. The van der Waals surface area contributed by atoms with E-state index in [1.54, 1.807) is 0 Å². The fraction of sp³-hybridized carbons (Fsp3) is 0.941. The summed E-state index contributed by atoms with van der Waals surface area (Å²) in [4.78, 5) is 11.5. The van der Waals surface area contributed by atoms with Gasteiger partial charge in [0, 0.05) is 17.4 Å². The standard InChI is InChI=1S/C17H29Cl2NO2/c1-3-4-5-8-13(20-15(21)22-2)9-6-11-16-12-7-10-14(16)17(16,18)19/h13-14H,3-12H2,1-2H3,(H,20,21). The Bertz CT molecular complexity index is 389. The van der Waals surface area contributed by atoms with Gasteiger partial charge in [0.15, 0.2) is 0 Å². The van der Waals surface area contributed by atoms with E-state index in [2.05, 4.69) is 12.2 Å². The Balaban J connectivity index is 1.77. The number of ether oxygens (including phenoxy) is 1. The number of rotatable bonds is 9. The van der Waals surface area contributed by atoms with Crippen molar-refractivity contribution in [3.63, 3.8) is 0 Å². The molecule has 2 rings (SSSR count). The number of hydrogen-bond donors (Lipinski definition) is 1. The van der Waals surface area contributed by atoms with E-state index in [0.29, 0.717) is 5.92 Å². The van der Waals surface area contributed by atoms with E-state index in [9.17, 15) is 4.79 Å². The highest BCUT2D eigenvalue weighted by Gasteiger charge is 2.76. The molecule has 0 heterocycles. The summed E-state index contributed by atoms with van der Waals surface area (Å²) in [6.45, 7) is 2.19. The summed E-state index contributed by atoms with van der Waals surface area (Å²) in [5, 5.41) is 2.97. The first-order chi connectivity index (χ1) is 10.5. The molecule has 22 heavy (non-hydrogen) atoms. The van der Waals surface area contributed by atoms with Crippen molar-refractivity contribution >= 4 is 29.3 Å². The van der Waals surface area contributed by atoms with Gasteiger partial charge in [-0.2, -0.15) is 0 Å². The van der Waals surface area contributed by atoms with Crippen LogP contribution in [0.15, 0.2) is 0 Å². The molecule has 0 spiro atoms. The molecule has 0 aromatic carbocycles. The average molecular weight is 350 g/mol. The van der Waals surface area contributed by atoms with Crippen molar-refractivity contribution in [2.45, 2.75) is 81.5 Å². The van der Waals surface area contributed by atoms with Gasteiger partial charge in [-0.3, -0.25) is 0 Å². The average Bonchev–Trinajstić information content (AvgIpc) is 2.82. The minimum Gasteiger partial charge on any atom is -0.453 e. The lowest BCUT2D eigenvalue weighted by Gasteiger charge is -2.20. The molecule has 3 atom stereocenters. The van der Waals surface area contributed by atoms with Gasteiger partial charge >= 0.3 is 6.09 Å². The summed E-state index contributed by atoms with van der Waals surface area (Å²) in [7, 11) is 1.42. The predicted molar refractivity (Wildman–Crippen MR) is 91.5 cm³/mol. The number of alkyl carbamates (subject to hydrolysis) is 1. The number of alkyl halides is 2. The molecule has 2 saturated carbocycles. The fourth-order valence-electron chi connectivity index (χ4n) is 4.30. The second-order valence-electron chi connectivity index (χ2n) is 6.94. The van der Waals surface area contributed by atoms with Crippen LogP contribution in [-0.4, -0.2) is 23.6 Å². The molecule has 1 N–H and O–H groups in total. The van der Waals surface area contributed by atoms with E-state index in [4.69, 9.17) is 27.9 Å². The number of nitrogens with one attached hydrogen (secondary N) is 1. The van der Waals surface area contributed by atoms with Crippen molar-refractivity contribution in [3.8, 4) is 0 Å². The molecule has 5 heteroatoms. The lowest BCUT2D eigenvalue weighted by Crippen LogP contribution is -2.34. The Morgan fingerprint density at radius 2 is 2.05 bits per heavy atom. The van der Waals surface area contributed by atoms with Crippen LogP contribution in [0.3, 0.4) is 0 Å². The van der Waals surface area contributed by atoms with Gasteiger partial charge < -0.3 is 10.1 Å². The first-order valence-electron chi connectivity index (χ1n) is 8.70. The number of amides is 1. The molecule has 3 nitrogen and oxygen atoms in total. The lowest BCUT2D eigenvalue weighted by molar-refractivity contribution is 0.164. The zero-order valence-electron chi connectivity index (χ0n) is 13.8. The van der Waals surface area contributed by atoms with Crippen LogP contribution < -0.4 is 5.32 Å². The second kappa shape index (κ2) is 7.61. The maximum Gasteiger partial charge on any atom is 0.407 e. The van der Waals surface area contributed by atoms with Gasteiger partial charge in [0.25, 0.3) is 0 Å². The van der Waals surface area contributed by atoms with E-state index in [1.165, 1.54) is 32.8 Å². The number of halogens is 2. The van der Waals surface area contributed by atoms with E-state index in [0.717, 1.165) is 38.5 Å². The molecule has 2 aliphatic rings. The van der Waals surface area contributed by atoms with Gasteiger partial charge in [-0.05, 0) is 32.1 Å². The molecule has 0 aliphatic heterocycles. The third kappa shape index (κ3) is 3.67. The molecule has 128 valence electrons. The third-order valence-corrected chi connectivity index (χ3v) is 6.92. The third-order valence-electron chi connectivity index (χ3n) is 5.64. The van der Waals surface area contributed by atoms with Crippen LogP contribution in [0, 0.1) is 11.3 Å². The highest BCUT2D eigenvalue weighted by Crippen LogP contribution is 2.78. The van der Waals surface area contributed by atoms with Gasteiger partial charge in [0.2, 0.25) is 0 Å². The zero-order valence-corrected chi connectivity index (χ0v) is 15.3. The molecule has 3 unspecified atom stereocenters. The molecule has 2 fully saturated rings. The predicted octanol–water partition coefficient (Wildman–Crippen LogP) is 5.44. The summed E-state index contributed by atoms with van der Waals surface area (Å²) in [6, 6.07) is 0.203. The van der Waals surface area contributed by atoms with Crippen molar-refractivity contribution in [1.29, 1.82) is 0 Å². The van der Waals surface area contributed by atoms with Gasteiger partial charge in [0.1, 0.15) is 4.33 Å². The zero-order chi connectivity index (χ0) is 16.2. The van der Waals surface area contributed by atoms with Crippen LogP contribution in [0.5, 0.6) is 0 Å². The van der Waals surface area contributed by atoms with Crippen molar-refractivity contribution < 1.29 is 9.53 Å². The molecular weight excluding hydrogens is 321 g/mol. The van der Waals surface area contributed by atoms with Gasteiger partial charge in [-0.25, -0.2) is 4.79 Å². The maximum atomic E-state index is 11.5. The summed E-state index contributed by atoms with van der Waals surface area (Å²) >= 11 is 12.9. The van der Waals surface area contributed by atoms with Gasteiger partial charge in [0.05, 0.1) is 7.11 Å². The molecule has 0 aromatic heterocycles. The van der Waals surface area contributed by atoms with Crippen molar-refractivity contribution in [2.24, 2.45) is 11.3 Å². The van der Waals surface area contributed by atoms with Crippen LogP contribution in [0.1, 0.15) is 71.1 Å². The second-order valence-corrected chi connectivity index (χ2v) is 8.33. The molecule has 0 aromatic rings. The maximum absolute atomic E-state index is 11.5. The van der Waals surface area contributed by atoms with Crippen molar-refractivity contribution in [3.05, 3.63) is 0 Å². The molecule has 2 aliphatic carbocycles. The topological polar surface area (TPSA) is 38.3 Å². The Hall–Kier alpha value is -0.150. The largest absolute Gasteiger partial charge is 0.453 e. The molecule has 1 amide bonds. The number of fused-ring (bicyclic) bond motifs is 1. The molecular formula is C17H29Cl2NO2. The normalized spacial score (nSPS) is 29.7. The highest BCUT2D eigenvalue weighted by molar-refractivity contribution is 6.52. The Morgan fingerprint density at radius 3 is 2.64 bits per heavy atom. The van der Waals surface area contributed by atoms with Crippen LogP contribution in [0.2, 0.25) is 0 Å².